The van der Waals surface area contributed by atoms with Gasteiger partial charge >= 0.3 is 0 Å². The molecule has 0 saturated heterocycles. The highest BCUT2D eigenvalue weighted by Gasteiger charge is 2.23. The van der Waals surface area contributed by atoms with E-state index in [9.17, 15) is 9.59 Å². The summed E-state index contributed by atoms with van der Waals surface area (Å²) in [5.74, 6) is -0.314. The summed E-state index contributed by atoms with van der Waals surface area (Å²) in [7, 11) is 0. The number of amides is 1. The standard InChI is InChI=1S/C17H34N2O4/c1-16(2,3)14(20)13-15(21)18-7-9-22-11-12-23-10-8-19-17(4,5)6/h19H,7-13H2,1-6H3,(H,18,21). The predicted molar refractivity (Wildman–Crippen MR) is 91.5 cm³/mol. The molecule has 136 valence electrons. The predicted octanol–water partition coefficient (Wildman–Crippen LogP) is 1.53. The summed E-state index contributed by atoms with van der Waals surface area (Å²) >= 11 is 0. The third-order valence-corrected chi connectivity index (χ3v) is 3.00. The van der Waals surface area contributed by atoms with Crippen LogP contribution in [0.3, 0.4) is 0 Å². The van der Waals surface area contributed by atoms with E-state index in [0.717, 1.165) is 6.54 Å². The fourth-order valence-electron chi connectivity index (χ4n) is 1.56. The summed E-state index contributed by atoms with van der Waals surface area (Å²) in [6.45, 7) is 15.1. The van der Waals surface area contributed by atoms with Crippen LogP contribution in [0.5, 0.6) is 0 Å². The Morgan fingerprint density at radius 3 is 1.83 bits per heavy atom. The molecule has 0 heterocycles. The number of rotatable bonds is 11. The van der Waals surface area contributed by atoms with E-state index >= 15 is 0 Å². The highest BCUT2D eigenvalue weighted by atomic mass is 16.5. The van der Waals surface area contributed by atoms with Crippen LogP contribution in [0.25, 0.3) is 0 Å². The topological polar surface area (TPSA) is 76.7 Å². The summed E-state index contributed by atoms with van der Waals surface area (Å²) < 4.78 is 10.8. The Balaban J connectivity index is 3.43. The molecule has 0 aromatic carbocycles. The molecular weight excluding hydrogens is 296 g/mol. The summed E-state index contributed by atoms with van der Waals surface area (Å²) in [6.07, 6.45) is -0.0760. The molecule has 2 N–H and O–H groups in total. The molecule has 6 heteroatoms. The van der Waals surface area contributed by atoms with E-state index in [4.69, 9.17) is 9.47 Å². The minimum Gasteiger partial charge on any atom is -0.378 e. The van der Waals surface area contributed by atoms with Gasteiger partial charge < -0.3 is 20.1 Å². The van der Waals surface area contributed by atoms with Gasteiger partial charge in [0.1, 0.15) is 5.78 Å². The molecule has 0 unspecified atom stereocenters. The van der Waals surface area contributed by atoms with Crippen molar-refractivity contribution in [3.8, 4) is 0 Å². The van der Waals surface area contributed by atoms with Gasteiger partial charge in [-0.2, -0.15) is 0 Å². The average Bonchev–Trinajstić information content (AvgIpc) is 2.38. The first kappa shape index (κ1) is 22.0. The van der Waals surface area contributed by atoms with Crippen LogP contribution in [0.2, 0.25) is 0 Å². The molecule has 0 spiro atoms. The molecule has 0 bridgehead atoms. The number of Topliss-reactive ketones (excluding diaryl/α,β-unsaturated/α-hetero) is 1. The van der Waals surface area contributed by atoms with Crippen LogP contribution < -0.4 is 10.6 Å². The maximum atomic E-state index is 11.7. The van der Waals surface area contributed by atoms with E-state index in [0.29, 0.717) is 33.0 Å². The number of ketones is 1. The van der Waals surface area contributed by atoms with Gasteiger partial charge in [0.25, 0.3) is 0 Å². The minimum atomic E-state index is -0.479. The Labute approximate surface area is 140 Å². The molecule has 0 atom stereocenters. The highest BCUT2D eigenvalue weighted by molar-refractivity contribution is 6.00. The van der Waals surface area contributed by atoms with E-state index in [1.54, 1.807) is 0 Å². The van der Waals surface area contributed by atoms with Crippen molar-refractivity contribution in [2.24, 2.45) is 5.41 Å². The number of ether oxygens (including phenoxy) is 2. The van der Waals surface area contributed by atoms with Gasteiger partial charge in [0.05, 0.1) is 32.8 Å². The molecule has 23 heavy (non-hydrogen) atoms. The summed E-state index contributed by atoms with van der Waals surface area (Å²) in [4.78, 5) is 23.3. The van der Waals surface area contributed by atoms with Crippen LogP contribution in [-0.2, 0) is 19.1 Å². The Bertz CT molecular complexity index is 357. The lowest BCUT2D eigenvalue weighted by molar-refractivity contribution is -0.132. The maximum Gasteiger partial charge on any atom is 0.227 e. The van der Waals surface area contributed by atoms with Crippen molar-refractivity contribution in [3.05, 3.63) is 0 Å². The molecule has 0 aliphatic rings. The second-order valence-electron chi connectivity index (χ2n) is 7.60. The van der Waals surface area contributed by atoms with Crippen molar-refractivity contribution in [3.63, 3.8) is 0 Å². The van der Waals surface area contributed by atoms with Gasteiger partial charge in [0, 0.05) is 24.0 Å². The van der Waals surface area contributed by atoms with Gasteiger partial charge in [-0.25, -0.2) is 0 Å². The van der Waals surface area contributed by atoms with E-state index in [1.807, 2.05) is 20.8 Å². The molecule has 0 rings (SSSR count). The Hall–Kier alpha value is -0.980. The van der Waals surface area contributed by atoms with Gasteiger partial charge in [-0.05, 0) is 20.8 Å². The number of carbonyl (C=O) groups excluding carboxylic acids is 2. The number of carbonyl (C=O) groups is 2. The molecule has 0 aromatic heterocycles. The lowest BCUT2D eigenvalue weighted by atomic mass is 9.89. The molecule has 6 nitrogen and oxygen atoms in total. The van der Waals surface area contributed by atoms with E-state index in [-0.39, 0.29) is 23.7 Å². The zero-order chi connectivity index (χ0) is 17.9. The maximum absolute atomic E-state index is 11.7. The molecule has 1 amide bonds. The van der Waals surface area contributed by atoms with Crippen molar-refractivity contribution in [2.75, 3.05) is 39.5 Å². The van der Waals surface area contributed by atoms with Crippen LogP contribution in [-0.4, -0.2) is 56.7 Å². The van der Waals surface area contributed by atoms with E-state index in [1.165, 1.54) is 0 Å². The van der Waals surface area contributed by atoms with Crippen LogP contribution in [0.4, 0.5) is 0 Å². The van der Waals surface area contributed by atoms with E-state index < -0.39 is 5.41 Å². The minimum absolute atomic E-state index is 0.0619. The summed E-state index contributed by atoms with van der Waals surface area (Å²) in [6, 6.07) is 0. The first-order chi connectivity index (χ1) is 10.5. The fraction of sp³-hybridized carbons (Fsp3) is 0.882. The van der Waals surface area contributed by atoms with Crippen LogP contribution in [0.1, 0.15) is 48.0 Å². The van der Waals surface area contributed by atoms with Crippen LogP contribution in [0.15, 0.2) is 0 Å². The molecule has 0 aromatic rings. The molecular formula is C17H34N2O4. The Morgan fingerprint density at radius 2 is 1.35 bits per heavy atom. The summed E-state index contributed by atoms with van der Waals surface area (Å²) in [5, 5.41) is 6.01. The lowest BCUT2D eigenvalue weighted by Gasteiger charge is -2.20. The molecule has 0 radical (unpaired) electrons. The third-order valence-electron chi connectivity index (χ3n) is 3.00. The smallest absolute Gasteiger partial charge is 0.227 e. The molecule has 0 saturated carbocycles. The first-order valence-electron chi connectivity index (χ1n) is 8.23. The van der Waals surface area contributed by atoms with Gasteiger partial charge in [0.2, 0.25) is 5.91 Å². The average molecular weight is 330 g/mol. The largest absolute Gasteiger partial charge is 0.378 e. The summed E-state index contributed by atoms with van der Waals surface area (Å²) in [5.41, 5.74) is -0.376. The monoisotopic (exact) mass is 330 g/mol. The Kier molecular flexibility index (Phi) is 10.3. The van der Waals surface area contributed by atoms with Gasteiger partial charge in [0.15, 0.2) is 0 Å². The number of nitrogens with one attached hydrogen (secondary N) is 2. The second kappa shape index (κ2) is 10.7. The van der Waals surface area contributed by atoms with Crippen molar-refractivity contribution in [2.45, 2.75) is 53.5 Å². The van der Waals surface area contributed by atoms with Gasteiger partial charge in [-0.1, -0.05) is 20.8 Å². The molecule has 0 fully saturated rings. The zero-order valence-electron chi connectivity index (χ0n) is 15.6. The lowest BCUT2D eigenvalue weighted by Crippen LogP contribution is -2.38. The van der Waals surface area contributed by atoms with Gasteiger partial charge in [-0.15, -0.1) is 0 Å². The number of hydrogen-bond acceptors (Lipinski definition) is 5. The normalized spacial score (nSPS) is 12.3. The Morgan fingerprint density at radius 1 is 0.826 bits per heavy atom. The second-order valence-corrected chi connectivity index (χ2v) is 7.60. The van der Waals surface area contributed by atoms with Crippen molar-refractivity contribution in [1.29, 1.82) is 0 Å². The van der Waals surface area contributed by atoms with Crippen LogP contribution in [0, 0.1) is 5.41 Å². The van der Waals surface area contributed by atoms with Crippen molar-refractivity contribution < 1.29 is 19.1 Å². The van der Waals surface area contributed by atoms with E-state index in [2.05, 4.69) is 31.4 Å². The number of hydrogen-bond donors (Lipinski definition) is 2. The SMILES string of the molecule is CC(C)(C)NCCOCCOCCNC(=O)CC(=O)C(C)(C)C. The van der Waals surface area contributed by atoms with Gasteiger partial charge in [-0.3, -0.25) is 9.59 Å². The first-order valence-corrected chi connectivity index (χ1v) is 8.23. The van der Waals surface area contributed by atoms with Crippen molar-refractivity contribution >= 4 is 11.7 Å². The molecule has 0 aliphatic carbocycles. The third kappa shape index (κ3) is 14.3. The highest BCUT2D eigenvalue weighted by Crippen LogP contribution is 2.16. The quantitative estimate of drug-likeness (QED) is 0.444. The van der Waals surface area contributed by atoms with Crippen LogP contribution >= 0.6 is 0 Å². The zero-order valence-corrected chi connectivity index (χ0v) is 15.6. The van der Waals surface area contributed by atoms with Crippen molar-refractivity contribution in [1.82, 2.24) is 10.6 Å². The molecule has 0 aliphatic heterocycles. The fourth-order valence-corrected chi connectivity index (χ4v) is 1.56.